The van der Waals surface area contributed by atoms with Gasteiger partial charge in [-0.1, -0.05) is 30.3 Å². The third kappa shape index (κ3) is 3.08. The van der Waals surface area contributed by atoms with Crippen LogP contribution in [0.5, 0.6) is 5.88 Å². The van der Waals surface area contributed by atoms with E-state index in [1.165, 1.54) is 0 Å². The van der Waals surface area contributed by atoms with Crippen LogP contribution in [0.3, 0.4) is 0 Å². The second-order valence-corrected chi connectivity index (χ2v) is 4.39. The summed E-state index contributed by atoms with van der Waals surface area (Å²) in [6.07, 6.45) is 1.70. The van der Waals surface area contributed by atoms with Crippen LogP contribution in [0.2, 0.25) is 0 Å². The predicted molar refractivity (Wildman–Crippen MR) is 72.3 cm³/mol. The minimum absolute atomic E-state index is 0.0117. The quantitative estimate of drug-likeness (QED) is 0.895. The van der Waals surface area contributed by atoms with Gasteiger partial charge >= 0.3 is 0 Å². The van der Waals surface area contributed by atoms with Crippen molar-refractivity contribution in [2.24, 2.45) is 5.73 Å². The lowest BCUT2D eigenvalue weighted by molar-refractivity contribution is 0.217. The molecule has 3 heteroatoms. The summed E-state index contributed by atoms with van der Waals surface area (Å²) >= 11 is 0. The van der Waals surface area contributed by atoms with Gasteiger partial charge in [0.25, 0.3) is 0 Å². The molecular weight excluding hydrogens is 224 g/mol. The maximum atomic E-state index is 5.84. The summed E-state index contributed by atoms with van der Waals surface area (Å²) in [7, 11) is 0. The molecule has 0 saturated carbocycles. The minimum atomic E-state index is -0.0259. The van der Waals surface area contributed by atoms with Crippen molar-refractivity contribution in [3.05, 3.63) is 59.8 Å². The van der Waals surface area contributed by atoms with E-state index in [-0.39, 0.29) is 12.1 Å². The average Bonchev–Trinajstić information content (AvgIpc) is 2.40. The molecule has 2 aromatic rings. The Bertz CT molecular complexity index is 497. The maximum Gasteiger partial charge on any atom is 0.214 e. The van der Waals surface area contributed by atoms with Crippen LogP contribution in [0, 0.1) is 0 Å². The van der Waals surface area contributed by atoms with Crippen molar-refractivity contribution in [1.29, 1.82) is 0 Å². The molecule has 1 heterocycles. The molecule has 0 fully saturated rings. The SMILES string of the molecule is CC(Oc1cc([C@H](C)N)ccn1)c1ccccc1. The largest absolute Gasteiger partial charge is 0.470 e. The standard InChI is InChI=1S/C15H18N2O/c1-11(16)14-8-9-17-15(10-14)18-12(2)13-6-4-3-5-7-13/h3-12H,16H2,1-2H3/t11-,12?/m0/s1. The number of hydrogen-bond acceptors (Lipinski definition) is 3. The van der Waals surface area contributed by atoms with Gasteiger partial charge in [0, 0.05) is 18.3 Å². The van der Waals surface area contributed by atoms with Crippen molar-refractivity contribution in [2.75, 3.05) is 0 Å². The summed E-state index contributed by atoms with van der Waals surface area (Å²) in [6.45, 7) is 3.95. The summed E-state index contributed by atoms with van der Waals surface area (Å²) in [5, 5.41) is 0. The molecular formula is C15H18N2O. The second-order valence-electron chi connectivity index (χ2n) is 4.39. The number of rotatable bonds is 4. The van der Waals surface area contributed by atoms with Crippen LogP contribution in [-0.4, -0.2) is 4.98 Å². The summed E-state index contributed by atoms with van der Waals surface area (Å²) in [5.74, 6) is 0.612. The van der Waals surface area contributed by atoms with Crippen molar-refractivity contribution >= 4 is 0 Å². The molecule has 2 atom stereocenters. The van der Waals surface area contributed by atoms with Gasteiger partial charge in [-0.3, -0.25) is 0 Å². The first kappa shape index (κ1) is 12.6. The zero-order valence-electron chi connectivity index (χ0n) is 10.7. The van der Waals surface area contributed by atoms with Crippen LogP contribution in [0.15, 0.2) is 48.7 Å². The Labute approximate surface area is 108 Å². The molecule has 2 rings (SSSR count). The minimum Gasteiger partial charge on any atom is -0.470 e. The Hall–Kier alpha value is -1.87. The van der Waals surface area contributed by atoms with Crippen molar-refractivity contribution in [2.45, 2.75) is 26.0 Å². The summed E-state index contributed by atoms with van der Waals surface area (Å²) in [6, 6.07) is 13.9. The van der Waals surface area contributed by atoms with Crippen LogP contribution in [0.4, 0.5) is 0 Å². The molecule has 0 aliphatic heterocycles. The maximum absolute atomic E-state index is 5.84. The summed E-state index contributed by atoms with van der Waals surface area (Å²) in [5.41, 5.74) is 8.00. The molecule has 0 bridgehead atoms. The fraction of sp³-hybridized carbons (Fsp3) is 0.267. The molecule has 1 aromatic carbocycles. The number of benzene rings is 1. The van der Waals surface area contributed by atoms with Gasteiger partial charge in [-0.25, -0.2) is 4.98 Å². The molecule has 3 nitrogen and oxygen atoms in total. The highest BCUT2D eigenvalue weighted by Gasteiger charge is 2.08. The molecule has 0 aliphatic rings. The fourth-order valence-corrected chi connectivity index (χ4v) is 1.75. The van der Waals surface area contributed by atoms with E-state index >= 15 is 0 Å². The number of aromatic nitrogens is 1. The zero-order chi connectivity index (χ0) is 13.0. The smallest absolute Gasteiger partial charge is 0.214 e. The molecule has 18 heavy (non-hydrogen) atoms. The van der Waals surface area contributed by atoms with Gasteiger partial charge in [-0.2, -0.15) is 0 Å². The normalized spacial score (nSPS) is 13.9. The molecule has 0 spiro atoms. The van der Waals surface area contributed by atoms with Crippen LogP contribution in [0.1, 0.15) is 37.1 Å². The Morgan fingerprint density at radius 3 is 2.44 bits per heavy atom. The first-order valence-corrected chi connectivity index (χ1v) is 6.10. The number of pyridine rings is 1. The molecule has 0 amide bonds. The van der Waals surface area contributed by atoms with Crippen molar-refractivity contribution in [1.82, 2.24) is 4.98 Å². The van der Waals surface area contributed by atoms with Crippen molar-refractivity contribution in [3.63, 3.8) is 0 Å². The van der Waals surface area contributed by atoms with Crippen LogP contribution >= 0.6 is 0 Å². The molecule has 1 aromatic heterocycles. The van der Waals surface area contributed by atoms with Crippen molar-refractivity contribution in [3.8, 4) is 5.88 Å². The van der Waals surface area contributed by atoms with Crippen LogP contribution in [0.25, 0.3) is 0 Å². The lowest BCUT2D eigenvalue weighted by atomic mass is 10.1. The van der Waals surface area contributed by atoms with Crippen molar-refractivity contribution < 1.29 is 4.74 Å². The molecule has 0 aliphatic carbocycles. The fourth-order valence-electron chi connectivity index (χ4n) is 1.75. The number of hydrogen-bond donors (Lipinski definition) is 1. The van der Waals surface area contributed by atoms with Crippen LogP contribution < -0.4 is 10.5 Å². The number of nitrogens with two attached hydrogens (primary N) is 1. The molecule has 2 N–H and O–H groups in total. The monoisotopic (exact) mass is 242 g/mol. The Morgan fingerprint density at radius 1 is 1.06 bits per heavy atom. The molecule has 0 saturated heterocycles. The molecule has 94 valence electrons. The van der Waals surface area contributed by atoms with E-state index in [2.05, 4.69) is 4.98 Å². The highest BCUT2D eigenvalue weighted by molar-refractivity contribution is 5.24. The van der Waals surface area contributed by atoms with Gasteiger partial charge in [0.15, 0.2) is 0 Å². The first-order valence-electron chi connectivity index (χ1n) is 6.10. The van der Waals surface area contributed by atoms with Gasteiger partial charge in [-0.15, -0.1) is 0 Å². The van der Waals surface area contributed by atoms with Gasteiger partial charge in [-0.05, 0) is 31.0 Å². The van der Waals surface area contributed by atoms with E-state index in [0.29, 0.717) is 5.88 Å². The highest BCUT2D eigenvalue weighted by Crippen LogP contribution is 2.21. The zero-order valence-corrected chi connectivity index (χ0v) is 10.7. The third-order valence-corrected chi connectivity index (χ3v) is 2.85. The van der Waals surface area contributed by atoms with Gasteiger partial charge in [0.05, 0.1) is 0 Å². The van der Waals surface area contributed by atoms with Gasteiger partial charge in [0.2, 0.25) is 5.88 Å². The summed E-state index contributed by atoms with van der Waals surface area (Å²) in [4.78, 5) is 4.21. The Kier molecular flexibility index (Phi) is 3.95. The van der Waals surface area contributed by atoms with Crippen LogP contribution in [-0.2, 0) is 0 Å². The number of nitrogens with zero attached hydrogens (tertiary/aromatic N) is 1. The van der Waals surface area contributed by atoms with E-state index in [0.717, 1.165) is 11.1 Å². The van der Waals surface area contributed by atoms with Gasteiger partial charge < -0.3 is 10.5 Å². The molecule has 1 unspecified atom stereocenters. The van der Waals surface area contributed by atoms with E-state index < -0.39 is 0 Å². The van der Waals surface area contributed by atoms with Gasteiger partial charge in [0.1, 0.15) is 6.10 Å². The Balaban J connectivity index is 2.12. The summed E-state index contributed by atoms with van der Waals surface area (Å²) < 4.78 is 5.82. The second kappa shape index (κ2) is 5.65. The van der Waals surface area contributed by atoms with E-state index in [1.54, 1.807) is 6.20 Å². The molecule has 0 radical (unpaired) electrons. The number of ether oxygens (including phenoxy) is 1. The third-order valence-electron chi connectivity index (χ3n) is 2.85. The lowest BCUT2D eigenvalue weighted by Crippen LogP contribution is -2.07. The first-order chi connectivity index (χ1) is 8.66. The average molecular weight is 242 g/mol. The Morgan fingerprint density at radius 2 is 1.78 bits per heavy atom. The lowest BCUT2D eigenvalue weighted by Gasteiger charge is -2.15. The highest BCUT2D eigenvalue weighted by atomic mass is 16.5. The van der Waals surface area contributed by atoms with E-state index in [1.807, 2.05) is 56.3 Å². The van der Waals surface area contributed by atoms with E-state index in [4.69, 9.17) is 10.5 Å². The topological polar surface area (TPSA) is 48.1 Å². The van der Waals surface area contributed by atoms with E-state index in [9.17, 15) is 0 Å². The predicted octanol–water partition coefficient (Wildman–Crippen LogP) is 3.24.